The molecule has 35 heavy (non-hydrogen) atoms. The number of carbonyl (C=O) groups excluding carboxylic acids is 3. The number of hydrogen-bond donors (Lipinski definition) is 1. The first kappa shape index (κ1) is 26.6. The second kappa shape index (κ2) is 10.7. The highest BCUT2D eigenvalue weighted by molar-refractivity contribution is 6.31. The Balaban J connectivity index is 1.94. The largest absolute Gasteiger partial charge is 0.485 e. The Morgan fingerprint density at radius 1 is 1.14 bits per heavy atom. The fourth-order valence-corrected chi connectivity index (χ4v) is 3.98. The number of fused-ring (bicyclic) bond motifs is 1. The van der Waals surface area contributed by atoms with Gasteiger partial charge in [-0.3, -0.25) is 19.3 Å². The van der Waals surface area contributed by atoms with Crippen molar-refractivity contribution in [2.75, 3.05) is 27.4 Å². The highest BCUT2D eigenvalue weighted by Crippen LogP contribution is 2.42. The molecule has 0 aromatic heterocycles. The van der Waals surface area contributed by atoms with Gasteiger partial charge in [0, 0.05) is 16.7 Å². The van der Waals surface area contributed by atoms with Crippen LogP contribution in [0.15, 0.2) is 36.4 Å². The molecule has 1 heterocycles. The lowest BCUT2D eigenvalue weighted by Gasteiger charge is -2.44. The van der Waals surface area contributed by atoms with Gasteiger partial charge in [-0.25, -0.2) is 4.39 Å². The summed E-state index contributed by atoms with van der Waals surface area (Å²) in [7, 11) is 3.47. The van der Waals surface area contributed by atoms with Crippen molar-refractivity contribution in [3.63, 3.8) is 0 Å². The molecule has 0 saturated heterocycles. The molecule has 2 atom stereocenters. The van der Waals surface area contributed by atoms with E-state index < -0.39 is 35.4 Å². The van der Waals surface area contributed by atoms with Crippen LogP contribution in [0.4, 0.5) is 4.39 Å². The number of rotatable bonds is 8. The quantitative estimate of drug-likeness (QED) is 0.331. The van der Waals surface area contributed by atoms with Crippen molar-refractivity contribution in [2.45, 2.75) is 38.5 Å². The van der Waals surface area contributed by atoms with Crippen LogP contribution in [-0.4, -0.2) is 61.7 Å². The first-order chi connectivity index (χ1) is 16.4. The number of halogens is 2. The predicted octanol–water partition coefficient (Wildman–Crippen LogP) is 3.77. The Bertz CT molecular complexity index is 1140. The van der Waals surface area contributed by atoms with Gasteiger partial charge in [0.15, 0.2) is 12.6 Å². The van der Waals surface area contributed by atoms with E-state index in [2.05, 4.69) is 5.32 Å². The van der Waals surface area contributed by atoms with E-state index in [0.717, 1.165) is 6.07 Å². The standard InChI is InChI=1S/C25H28ClFN2O6/c1-14(30)15-7-9-20-17(10-15)22(28-24(32)16-6-8-19(27)18(26)11-16)23(25(2,3)35-20)34-13-33-21(31)12-29(4)5/h6-11,22-23H,12-13H2,1-5H3,(H,28,32). The summed E-state index contributed by atoms with van der Waals surface area (Å²) < 4.78 is 30.9. The molecule has 1 aliphatic heterocycles. The summed E-state index contributed by atoms with van der Waals surface area (Å²) in [6.45, 7) is 4.68. The molecular weight excluding hydrogens is 479 g/mol. The van der Waals surface area contributed by atoms with Crippen molar-refractivity contribution in [1.82, 2.24) is 10.2 Å². The molecule has 3 rings (SSSR count). The molecule has 188 valence electrons. The Morgan fingerprint density at radius 3 is 2.46 bits per heavy atom. The summed E-state index contributed by atoms with van der Waals surface area (Å²) >= 11 is 5.86. The van der Waals surface area contributed by atoms with Crippen molar-refractivity contribution >= 4 is 29.3 Å². The zero-order chi connectivity index (χ0) is 25.9. The van der Waals surface area contributed by atoms with Gasteiger partial charge >= 0.3 is 5.97 Å². The molecule has 0 fully saturated rings. The van der Waals surface area contributed by atoms with Crippen molar-refractivity contribution in [1.29, 1.82) is 0 Å². The minimum atomic E-state index is -0.961. The predicted molar refractivity (Wildman–Crippen MR) is 127 cm³/mol. The van der Waals surface area contributed by atoms with Gasteiger partial charge in [0.2, 0.25) is 0 Å². The smallest absolute Gasteiger partial charge is 0.322 e. The monoisotopic (exact) mass is 506 g/mol. The van der Waals surface area contributed by atoms with Gasteiger partial charge in [0.05, 0.1) is 17.6 Å². The Labute approximate surface area is 208 Å². The lowest BCUT2D eigenvalue weighted by molar-refractivity contribution is -0.180. The van der Waals surface area contributed by atoms with Crippen molar-refractivity contribution in [3.05, 3.63) is 63.9 Å². The summed E-state index contributed by atoms with van der Waals surface area (Å²) in [4.78, 5) is 38.8. The maximum atomic E-state index is 13.6. The van der Waals surface area contributed by atoms with Crippen LogP contribution in [0.1, 0.15) is 53.1 Å². The van der Waals surface area contributed by atoms with E-state index >= 15 is 0 Å². The number of nitrogens with one attached hydrogen (secondary N) is 1. The lowest BCUT2D eigenvalue weighted by Crippen LogP contribution is -2.55. The van der Waals surface area contributed by atoms with Crippen molar-refractivity contribution in [2.24, 2.45) is 0 Å². The molecule has 0 aliphatic carbocycles. The molecule has 0 spiro atoms. The number of likely N-dealkylation sites (N-methyl/N-ethyl adjacent to an activating group) is 1. The van der Waals surface area contributed by atoms with Gasteiger partial charge in [-0.15, -0.1) is 0 Å². The lowest BCUT2D eigenvalue weighted by atomic mass is 9.85. The van der Waals surface area contributed by atoms with Gasteiger partial charge in [-0.05, 0) is 71.3 Å². The molecule has 2 aromatic carbocycles. The second-order valence-corrected chi connectivity index (χ2v) is 9.46. The summed E-state index contributed by atoms with van der Waals surface area (Å²) in [5.41, 5.74) is 0.119. The van der Waals surface area contributed by atoms with E-state index in [0.29, 0.717) is 16.9 Å². The van der Waals surface area contributed by atoms with Gasteiger partial charge in [0.25, 0.3) is 5.91 Å². The Kier molecular flexibility index (Phi) is 8.15. The molecular formula is C25H28ClFN2O6. The topological polar surface area (TPSA) is 94.2 Å². The number of amides is 1. The second-order valence-electron chi connectivity index (χ2n) is 9.05. The number of Topliss-reactive ketones (excluding diaryl/α,β-unsaturated/α-hetero) is 1. The molecule has 10 heteroatoms. The van der Waals surface area contributed by atoms with Crippen LogP contribution in [-0.2, 0) is 14.3 Å². The van der Waals surface area contributed by atoms with Crippen LogP contribution < -0.4 is 10.1 Å². The fraction of sp³-hybridized carbons (Fsp3) is 0.400. The minimum Gasteiger partial charge on any atom is -0.485 e. The van der Waals surface area contributed by atoms with E-state index in [-0.39, 0.29) is 29.7 Å². The number of ether oxygens (including phenoxy) is 3. The highest BCUT2D eigenvalue weighted by atomic mass is 35.5. The third-order valence-corrected chi connectivity index (χ3v) is 5.78. The zero-order valence-electron chi connectivity index (χ0n) is 20.2. The fourth-order valence-electron chi connectivity index (χ4n) is 3.80. The van der Waals surface area contributed by atoms with Crippen molar-refractivity contribution < 1.29 is 33.0 Å². The van der Waals surface area contributed by atoms with Gasteiger partial charge in [0.1, 0.15) is 23.3 Å². The van der Waals surface area contributed by atoms with Crippen molar-refractivity contribution in [3.8, 4) is 5.75 Å². The van der Waals surface area contributed by atoms with Crippen LogP contribution in [0.25, 0.3) is 0 Å². The summed E-state index contributed by atoms with van der Waals surface area (Å²) in [6.07, 6.45) is -0.816. The molecule has 0 saturated carbocycles. The zero-order valence-corrected chi connectivity index (χ0v) is 20.9. The summed E-state index contributed by atoms with van der Waals surface area (Å²) in [5, 5.41) is 2.71. The van der Waals surface area contributed by atoms with Gasteiger partial charge in [-0.1, -0.05) is 11.6 Å². The molecule has 0 radical (unpaired) electrons. The maximum absolute atomic E-state index is 13.6. The SMILES string of the molecule is CC(=O)c1ccc2c(c1)C(NC(=O)c1ccc(F)c(Cl)c1)C(OCOC(=O)CN(C)C)C(C)(C)O2. The first-order valence-corrected chi connectivity index (χ1v) is 11.3. The van der Waals surface area contributed by atoms with Crippen LogP contribution in [0.2, 0.25) is 5.02 Å². The normalized spacial score (nSPS) is 18.4. The van der Waals surface area contributed by atoms with E-state index in [1.165, 1.54) is 19.1 Å². The van der Waals surface area contributed by atoms with E-state index in [1.54, 1.807) is 51.0 Å². The molecule has 0 bridgehead atoms. The number of ketones is 1. The molecule has 2 aromatic rings. The number of nitrogens with zero attached hydrogens (tertiary/aromatic N) is 1. The Morgan fingerprint density at radius 2 is 1.83 bits per heavy atom. The first-order valence-electron chi connectivity index (χ1n) is 10.9. The molecule has 8 nitrogen and oxygen atoms in total. The van der Waals surface area contributed by atoms with E-state index in [9.17, 15) is 18.8 Å². The third kappa shape index (κ3) is 6.36. The minimum absolute atomic E-state index is 0.0736. The van der Waals surface area contributed by atoms with Gasteiger partial charge in [-0.2, -0.15) is 0 Å². The average Bonchev–Trinajstić information content (AvgIpc) is 2.76. The average molecular weight is 507 g/mol. The van der Waals surface area contributed by atoms with Crippen LogP contribution >= 0.6 is 11.6 Å². The highest BCUT2D eigenvalue weighted by Gasteiger charge is 2.46. The van der Waals surface area contributed by atoms with Crippen LogP contribution in [0, 0.1) is 5.82 Å². The van der Waals surface area contributed by atoms with E-state index in [1.807, 2.05) is 0 Å². The number of benzene rings is 2. The van der Waals surface area contributed by atoms with E-state index in [4.69, 9.17) is 25.8 Å². The van der Waals surface area contributed by atoms with Crippen LogP contribution in [0.5, 0.6) is 5.75 Å². The summed E-state index contributed by atoms with van der Waals surface area (Å²) in [5.74, 6) is -1.36. The third-order valence-electron chi connectivity index (χ3n) is 5.49. The maximum Gasteiger partial charge on any atom is 0.322 e. The number of esters is 1. The Hall–Kier alpha value is -3.01. The van der Waals surface area contributed by atoms with Gasteiger partial charge < -0.3 is 19.5 Å². The molecule has 1 aliphatic rings. The molecule has 1 amide bonds. The number of hydrogen-bond acceptors (Lipinski definition) is 7. The number of carbonyl (C=O) groups is 3. The molecule has 1 N–H and O–H groups in total. The molecule has 2 unspecified atom stereocenters. The summed E-state index contributed by atoms with van der Waals surface area (Å²) in [6, 6.07) is 7.77. The van der Waals surface area contributed by atoms with Crippen LogP contribution in [0.3, 0.4) is 0 Å².